The van der Waals surface area contributed by atoms with Crippen LogP contribution in [0.5, 0.6) is 0 Å². The van der Waals surface area contributed by atoms with Gasteiger partial charge in [-0.3, -0.25) is 4.79 Å². The first-order chi connectivity index (χ1) is 13.8. The number of carbonyl (C=O) groups is 1. The number of hydrogen-bond acceptors (Lipinski definition) is 3. The number of nitriles is 1. The van der Waals surface area contributed by atoms with Crippen molar-refractivity contribution in [2.45, 2.75) is 98.0 Å². The summed E-state index contributed by atoms with van der Waals surface area (Å²) < 4.78 is 0. The highest BCUT2D eigenvalue weighted by molar-refractivity contribution is 5.79. The van der Waals surface area contributed by atoms with E-state index in [0.717, 1.165) is 25.7 Å². The van der Waals surface area contributed by atoms with Crippen LogP contribution in [0.2, 0.25) is 0 Å². The Hall–Kier alpha value is -0.880. The lowest BCUT2D eigenvalue weighted by Crippen LogP contribution is -2.61. The average molecular weight is 400 g/mol. The minimum absolute atomic E-state index is 0.227. The summed E-state index contributed by atoms with van der Waals surface area (Å²) in [4.78, 5) is 12.3. The molecule has 162 valence electrons. The standard InChI is InChI=1S/C26H41NO2/c1-5-18-22-15-17(28)10-12-26(22,4)21-11-13-25(3)19(16(2)7-6-14-27)8-9-20(25)23(21)24(18)29/h16,18-24,29H,5-13,15H2,1-4H3/t16-,18+,19?,20?,21?,22+,23?,24-,25-,26-/m1/s1. The Labute approximate surface area is 177 Å². The number of fused-ring (bicyclic) bond motifs is 5. The minimum Gasteiger partial charge on any atom is -0.393 e. The van der Waals surface area contributed by atoms with Crippen LogP contribution < -0.4 is 0 Å². The van der Waals surface area contributed by atoms with Crippen molar-refractivity contribution in [3.63, 3.8) is 0 Å². The third-order valence-corrected chi connectivity index (χ3v) is 10.7. The van der Waals surface area contributed by atoms with Crippen molar-refractivity contribution in [3.8, 4) is 6.07 Å². The van der Waals surface area contributed by atoms with E-state index in [0.29, 0.717) is 59.5 Å². The fourth-order valence-corrected chi connectivity index (χ4v) is 9.23. The van der Waals surface area contributed by atoms with Crippen molar-refractivity contribution in [1.29, 1.82) is 5.26 Å². The Bertz CT molecular complexity index is 683. The first-order valence-electron chi connectivity index (χ1n) is 12.3. The van der Waals surface area contributed by atoms with Gasteiger partial charge in [-0.1, -0.05) is 34.1 Å². The first kappa shape index (κ1) is 21.4. The van der Waals surface area contributed by atoms with Crippen molar-refractivity contribution in [2.75, 3.05) is 0 Å². The van der Waals surface area contributed by atoms with Crippen LogP contribution in [0.1, 0.15) is 91.9 Å². The van der Waals surface area contributed by atoms with Gasteiger partial charge in [0, 0.05) is 19.3 Å². The molecule has 3 nitrogen and oxygen atoms in total. The van der Waals surface area contributed by atoms with Gasteiger partial charge in [0.1, 0.15) is 5.78 Å². The molecule has 4 unspecified atom stereocenters. The van der Waals surface area contributed by atoms with Gasteiger partial charge < -0.3 is 5.11 Å². The Morgan fingerprint density at radius 2 is 1.86 bits per heavy atom. The van der Waals surface area contributed by atoms with Crippen molar-refractivity contribution in [1.82, 2.24) is 0 Å². The molecule has 0 spiro atoms. The van der Waals surface area contributed by atoms with Gasteiger partial charge in [-0.25, -0.2) is 0 Å². The van der Waals surface area contributed by atoms with Crippen LogP contribution in [0.3, 0.4) is 0 Å². The van der Waals surface area contributed by atoms with E-state index in [1.807, 2.05) is 0 Å². The molecule has 4 aliphatic carbocycles. The maximum Gasteiger partial charge on any atom is 0.133 e. The summed E-state index contributed by atoms with van der Waals surface area (Å²) >= 11 is 0. The predicted octanol–water partition coefficient (Wildman–Crippen LogP) is 5.76. The maximum absolute atomic E-state index is 12.3. The second-order valence-electron chi connectivity index (χ2n) is 11.6. The molecular formula is C26H41NO2. The molecule has 3 heteroatoms. The quantitative estimate of drug-likeness (QED) is 0.653. The molecule has 4 fully saturated rings. The fraction of sp³-hybridized carbons (Fsp3) is 0.923. The molecular weight excluding hydrogens is 358 g/mol. The summed E-state index contributed by atoms with van der Waals surface area (Å²) in [5.74, 6) is 3.95. The molecule has 4 saturated carbocycles. The Kier molecular flexibility index (Phi) is 5.65. The predicted molar refractivity (Wildman–Crippen MR) is 115 cm³/mol. The summed E-state index contributed by atoms with van der Waals surface area (Å²) in [7, 11) is 0. The van der Waals surface area contributed by atoms with Crippen LogP contribution in [0.4, 0.5) is 0 Å². The number of aliphatic hydroxyl groups excluding tert-OH is 1. The van der Waals surface area contributed by atoms with Crippen LogP contribution in [-0.2, 0) is 4.79 Å². The molecule has 0 saturated heterocycles. The van der Waals surface area contributed by atoms with Crippen LogP contribution in [0.15, 0.2) is 0 Å². The summed E-state index contributed by atoms with van der Waals surface area (Å²) in [5, 5.41) is 20.7. The smallest absolute Gasteiger partial charge is 0.133 e. The number of hydrogen-bond donors (Lipinski definition) is 1. The average Bonchev–Trinajstić information content (AvgIpc) is 3.05. The Morgan fingerprint density at radius 3 is 2.55 bits per heavy atom. The zero-order valence-corrected chi connectivity index (χ0v) is 19.0. The lowest BCUT2D eigenvalue weighted by atomic mass is 9.41. The van der Waals surface area contributed by atoms with E-state index in [-0.39, 0.29) is 17.4 Å². The van der Waals surface area contributed by atoms with Crippen LogP contribution in [-0.4, -0.2) is 17.0 Å². The molecule has 0 aliphatic heterocycles. The molecule has 0 radical (unpaired) electrons. The van der Waals surface area contributed by atoms with Gasteiger partial charge in [0.15, 0.2) is 0 Å². The van der Waals surface area contributed by atoms with E-state index in [4.69, 9.17) is 5.26 Å². The molecule has 0 aromatic carbocycles. The highest BCUT2D eigenvalue weighted by Gasteiger charge is 2.64. The minimum atomic E-state index is -0.244. The van der Waals surface area contributed by atoms with Gasteiger partial charge in [0.2, 0.25) is 0 Å². The third kappa shape index (κ3) is 3.12. The molecule has 10 atom stereocenters. The number of carbonyl (C=O) groups excluding carboxylic acids is 1. The van der Waals surface area contributed by atoms with Crippen molar-refractivity contribution >= 4 is 5.78 Å². The highest BCUT2D eigenvalue weighted by atomic mass is 16.3. The summed E-state index contributed by atoms with van der Waals surface area (Å²) in [6.45, 7) is 9.57. The van der Waals surface area contributed by atoms with Gasteiger partial charge in [0.25, 0.3) is 0 Å². The van der Waals surface area contributed by atoms with E-state index in [1.165, 1.54) is 25.7 Å². The zero-order valence-electron chi connectivity index (χ0n) is 19.0. The lowest BCUT2D eigenvalue weighted by Gasteiger charge is -2.64. The van der Waals surface area contributed by atoms with Gasteiger partial charge in [-0.05, 0) is 90.8 Å². The molecule has 0 aromatic heterocycles. The van der Waals surface area contributed by atoms with Gasteiger partial charge >= 0.3 is 0 Å². The van der Waals surface area contributed by atoms with Gasteiger partial charge in [-0.2, -0.15) is 5.26 Å². The highest BCUT2D eigenvalue weighted by Crippen LogP contribution is 2.69. The molecule has 1 N–H and O–H groups in total. The number of nitrogens with zero attached hydrogens (tertiary/aromatic N) is 1. The summed E-state index contributed by atoms with van der Waals surface area (Å²) in [6, 6.07) is 2.34. The normalized spacial score (nSPS) is 50.2. The summed E-state index contributed by atoms with van der Waals surface area (Å²) in [6.07, 6.45) is 9.89. The molecule has 29 heavy (non-hydrogen) atoms. The van der Waals surface area contributed by atoms with Crippen molar-refractivity contribution in [2.24, 2.45) is 52.3 Å². The first-order valence-corrected chi connectivity index (χ1v) is 12.3. The summed E-state index contributed by atoms with van der Waals surface area (Å²) in [5.41, 5.74) is 0.535. The van der Waals surface area contributed by atoms with E-state index in [2.05, 4.69) is 33.8 Å². The molecule has 4 aliphatic rings. The van der Waals surface area contributed by atoms with E-state index >= 15 is 0 Å². The topological polar surface area (TPSA) is 61.1 Å². The van der Waals surface area contributed by atoms with Gasteiger partial charge in [-0.15, -0.1) is 0 Å². The zero-order chi connectivity index (χ0) is 21.0. The number of ketones is 1. The van der Waals surface area contributed by atoms with Crippen LogP contribution in [0, 0.1) is 63.6 Å². The molecule has 4 rings (SSSR count). The maximum atomic E-state index is 12.3. The molecule has 0 aromatic rings. The largest absolute Gasteiger partial charge is 0.393 e. The Balaban J connectivity index is 1.65. The monoisotopic (exact) mass is 399 g/mol. The molecule has 0 amide bonds. The lowest BCUT2D eigenvalue weighted by molar-refractivity contribution is -0.194. The number of Topliss-reactive ketones (excluding diaryl/α,β-unsaturated/α-hetero) is 1. The number of aliphatic hydroxyl groups is 1. The van der Waals surface area contributed by atoms with Crippen LogP contribution in [0.25, 0.3) is 0 Å². The van der Waals surface area contributed by atoms with Crippen molar-refractivity contribution in [3.05, 3.63) is 0 Å². The van der Waals surface area contributed by atoms with E-state index in [9.17, 15) is 9.90 Å². The third-order valence-electron chi connectivity index (χ3n) is 10.7. The second-order valence-corrected chi connectivity index (χ2v) is 11.6. The molecule has 0 heterocycles. The number of rotatable bonds is 4. The van der Waals surface area contributed by atoms with E-state index < -0.39 is 0 Å². The second kappa shape index (κ2) is 7.67. The Morgan fingerprint density at radius 1 is 1.14 bits per heavy atom. The fourth-order valence-electron chi connectivity index (χ4n) is 9.23. The van der Waals surface area contributed by atoms with E-state index in [1.54, 1.807) is 0 Å². The molecule has 0 bridgehead atoms. The van der Waals surface area contributed by atoms with Crippen LogP contribution >= 0.6 is 0 Å². The SMILES string of the molecule is CC[C@@H]1[C@@H](O)C2C3CCC([C@H](C)CCC#N)[C@@]3(C)CCC2[C@@]2(C)CCC(=O)C[C@@H]12. The van der Waals surface area contributed by atoms with Crippen molar-refractivity contribution < 1.29 is 9.90 Å². The van der Waals surface area contributed by atoms with Gasteiger partial charge in [0.05, 0.1) is 12.2 Å².